The molecular formula is C29H36ClN5O4S. The summed E-state index contributed by atoms with van der Waals surface area (Å²) in [6.07, 6.45) is 2.07. The zero-order valence-electron chi connectivity index (χ0n) is 23.8. The summed E-state index contributed by atoms with van der Waals surface area (Å²) >= 11 is 6.06. The number of nitrogens with one attached hydrogen (secondary N) is 1. The Morgan fingerprint density at radius 1 is 1.10 bits per heavy atom. The van der Waals surface area contributed by atoms with E-state index in [0.717, 1.165) is 12.0 Å². The molecule has 2 aromatic carbocycles. The molecule has 40 heavy (non-hydrogen) atoms. The number of aryl methyl sites for hydroxylation is 2. The monoisotopic (exact) mass is 585 g/mol. The van der Waals surface area contributed by atoms with Crippen molar-refractivity contribution in [2.75, 3.05) is 6.61 Å². The van der Waals surface area contributed by atoms with Gasteiger partial charge in [-0.05, 0) is 76.4 Å². The van der Waals surface area contributed by atoms with Gasteiger partial charge < -0.3 is 9.72 Å². The maximum absolute atomic E-state index is 14.2. The molecule has 0 saturated carbocycles. The lowest BCUT2D eigenvalue weighted by atomic mass is 10.0. The number of sulfonamides is 1. The predicted octanol–water partition coefficient (Wildman–Crippen LogP) is 5.78. The molecule has 11 heteroatoms. The molecule has 4 rings (SSSR count). The van der Waals surface area contributed by atoms with Crippen molar-refractivity contribution < 1.29 is 13.2 Å². The van der Waals surface area contributed by atoms with Gasteiger partial charge in [-0.15, -0.1) is 5.10 Å². The zero-order chi connectivity index (χ0) is 29.2. The second-order valence-electron chi connectivity index (χ2n) is 10.3. The first-order valence-electron chi connectivity index (χ1n) is 13.5. The number of ether oxygens (including phenoxy) is 1. The summed E-state index contributed by atoms with van der Waals surface area (Å²) in [7, 11) is -4.00. The lowest BCUT2D eigenvalue weighted by Gasteiger charge is -2.37. The Kier molecular flexibility index (Phi) is 8.72. The van der Waals surface area contributed by atoms with Crippen LogP contribution in [0, 0.1) is 6.92 Å². The average molecular weight is 586 g/mol. The standard InChI is InChI=1S/C29H36ClN5O4S/c1-7-10-25-31-19(4)26-28(36)32-27(33-35(25)26)23-17-22(15-16-24(23)39-9-3)40(37,38)34(29(5,6)8-2)18-20-11-13-21(30)14-12-20/h11-17H,7-10,18H2,1-6H3,(H,32,33,36). The number of imidazole rings is 1. The second kappa shape index (κ2) is 11.7. The van der Waals surface area contributed by atoms with E-state index in [1.54, 1.807) is 29.6 Å². The summed E-state index contributed by atoms with van der Waals surface area (Å²) in [5, 5.41) is 5.28. The van der Waals surface area contributed by atoms with Crippen LogP contribution in [-0.4, -0.2) is 44.5 Å². The van der Waals surface area contributed by atoms with Gasteiger partial charge in [0, 0.05) is 23.5 Å². The summed E-state index contributed by atoms with van der Waals surface area (Å²) in [5.41, 5.74) is 1.10. The molecule has 0 saturated heterocycles. The van der Waals surface area contributed by atoms with E-state index in [1.807, 2.05) is 46.8 Å². The molecule has 2 heterocycles. The highest BCUT2D eigenvalue weighted by Gasteiger charge is 2.36. The Morgan fingerprint density at radius 2 is 1.80 bits per heavy atom. The van der Waals surface area contributed by atoms with Crippen LogP contribution in [0.2, 0.25) is 5.02 Å². The minimum absolute atomic E-state index is 0.0692. The third-order valence-corrected chi connectivity index (χ3v) is 9.40. The van der Waals surface area contributed by atoms with E-state index < -0.39 is 15.6 Å². The van der Waals surface area contributed by atoms with Crippen LogP contribution < -0.4 is 10.3 Å². The largest absolute Gasteiger partial charge is 0.493 e. The minimum Gasteiger partial charge on any atom is -0.493 e. The molecule has 0 radical (unpaired) electrons. The molecule has 0 amide bonds. The quantitative estimate of drug-likeness (QED) is 0.239. The number of fused-ring (bicyclic) bond motifs is 1. The molecule has 9 nitrogen and oxygen atoms in total. The van der Waals surface area contributed by atoms with Gasteiger partial charge in [0.2, 0.25) is 10.0 Å². The Morgan fingerprint density at radius 3 is 2.42 bits per heavy atom. The van der Waals surface area contributed by atoms with E-state index in [4.69, 9.17) is 21.4 Å². The molecule has 0 bridgehead atoms. The molecule has 4 aromatic rings. The predicted molar refractivity (Wildman–Crippen MR) is 157 cm³/mol. The van der Waals surface area contributed by atoms with E-state index in [-0.39, 0.29) is 22.8 Å². The van der Waals surface area contributed by atoms with E-state index >= 15 is 0 Å². The van der Waals surface area contributed by atoms with Crippen molar-refractivity contribution in [3.8, 4) is 17.1 Å². The Bertz CT molecular complexity index is 1680. The first-order chi connectivity index (χ1) is 18.9. The zero-order valence-corrected chi connectivity index (χ0v) is 25.4. The van der Waals surface area contributed by atoms with Crippen LogP contribution >= 0.6 is 11.6 Å². The van der Waals surface area contributed by atoms with Gasteiger partial charge in [-0.3, -0.25) is 4.79 Å². The number of halogens is 1. The van der Waals surface area contributed by atoms with Crippen molar-refractivity contribution in [3.63, 3.8) is 0 Å². The number of rotatable bonds is 11. The summed E-state index contributed by atoms with van der Waals surface area (Å²) < 4.78 is 37.4. The molecular weight excluding hydrogens is 550 g/mol. The maximum Gasteiger partial charge on any atom is 0.277 e. The molecule has 0 aliphatic carbocycles. The van der Waals surface area contributed by atoms with Crippen LogP contribution in [0.5, 0.6) is 5.75 Å². The van der Waals surface area contributed by atoms with Crippen molar-refractivity contribution in [1.29, 1.82) is 0 Å². The molecule has 0 spiro atoms. The number of benzene rings is 2. The Hall–Kier alpha value is -3.21. The number of aromatic amines is 1. The van der Waals surface area contributed by atoms with Gasteiger partial charge in [0.25, 0.3) is 5.56 Å². The maximum atomic E-state index is 14.2. The number of H-pyrrole nitrogens is 1. The number of hydrogen-bond acceptors (Lipinski definition) is 6. The lowest BCUT2D eigenvalue weighted by molar-refractivity contribution is 0.213. The minimum atomic E-state index is -4.00. The fourth-order valence-electron chi connectivity index (χ4n) is 4.56. The Balaban J connectivity index is 1.89. The van der Waals surface area contributed by atoms with E-state index in [1.165, 1.54) is 16.4 Å². The number of aromatic nitrogens is 4. The van der Waals surface area contributed by atoms with Crippen LogP contribution in [0.1, 0.15) is 64.5 Å². The fraction of sp³-hybridized carbons (Fsp3) is 0.414. The van der Waals surface area contributed by atoms with Crippen molar-refractivity contribution >= 4 is 27.1 Å². The van der Waals surface area contributed by atoms with Gasteiger partial charge in [0.05, 0.1) is 22.8 Å². The first-order valence-corrected chi connectivity index (χ1v) is 15.3. The smallest absolute Gasteiger partial charge is 0.277 e. The second-order valence-corrected chi connectivity index (χ2v) is 12.6. The summed E-state index contributed by atoms with van der Waals surface area (Å²) in [4.78, 5) is 20.6. The third kappa shape index (κ3) is 5.80. The molecule has 0 atom stereocenters. The van der Waals surface area contributed by atoms with Crippen LogP contribution in [0.4, 0.5) is 0 Å². The van der Waals surface area contributed by atoms with Crippen molar-refractivity contribution in [2.24, 2.45) is 0 Å². The molecule has 0 aliphatic rings. The van der Waals surface area contributed by atoms with Crippen molar-refractivity contribution in [2.45, 2.75) is 77.8 Å². The fourth-order valence-corrected chi connectivity index (χ4v) is 6.55. The van der Waals surface area contributed by atoms with Gasteiger partial charge in [-0.2, -0.15) is 4.31 Å². The molecule has 1 N–H and O–H groups in total. The molecule has 2 aromatic heterocycles. The van der Waals surface area contributed by atoms with Crippen LogP contribution in [-0.2, 0) is 23.0 Å². The highest BCUT2D eigenvalue weighted by molar-refractivity contribution is 7.89. The SMILES string of the molecule is CCCc1nc(C)c2c(=O)[nH]c(-c3cc(S(=O)(=O)N(Cc4ccc(Cl)cc4)C(C)(C)CC)ccc3OCC)nn12. The van der Waals surface area contributed by atoms with E-state index in [0.29, 0.717) is 52.8 Å². The molecule has 0 unspecified atom stereocenters. The van der Waals surface area contributed by atoms with Gasteiger partial charge in [-0.25, -0.2) is 17.9 Å². The summed E-state index contributed by atoms with van der Waals surface area (Å²) in [5.74, 6) is 1.28. The summed E-state index contributed by atoms with van der Waals surface area (Å²) in [6.45, 7) is 11.9. The first kappa shape index (κ1) is 29.8. The third-order valence-electron chi connectivity index (χ3n) is 7.09. The highest BCUT2D eigenvalue weighted by atomic mass is 35.5. The van der Waals surface area contributed by atoms with Gasteiger partial charge in [-0.1, -0.05) is 37.6 Å². The Labute approximate surface area is 240 Å². The highest BCUT2D eigenvalue weighted by Crippen LogP contribution is 2.35. The van der Waals surface area contributed by atoms with Crippen molar-refractivity contribution in [1.82, 2.24) is 23.9 Å². The van der Waals surface area contributed by atoms with Crippen LogP contribution in [0.15, 0.2) is 52.2 Å². The van der Waals surface area contributed by atoms with Gasteiger partial charge in [0.1, 0.15) is 11.6 Å². The summed E-state index contributed by atoms with van der Waals surface area (Å²) in [6, 6.07) is 11.8. The molecule has 0 aliphatic heterocycles. The topological polar surface area (TPSA) is 110 Å². The normalized spacial score (nSPS) is 12.4. The molecule has 214 valence electrons. The van der Waals surface area contributed by atoms with Gasteiger partial charge >= 0.3 is 0 Å². The number of nitrogens with zero attached hydrogens (tertiary/aromatic N) is 4. The van der Waals surface area contributed by atoms with E-state index in [2.05, 4.69) is 9.97 Å². The number of hydrogen-bond donors (Lipinski definition) is 1. The average Bonchev–Trinajstić information content (AvgIpc) is 3.23. The van der Waals surface area contributed by atoms with Crippen LogP contribution in [0.3, 0.4) is 0 Å². The lowest BCUT2D eigenvalue weighted by Crippen LogP contribution is -2.46. The molecule has 0 fully saturated rings. The van der Waals surface area contributed by atoms with Crippen molar-refractivity contribution in [3.05, 3.63) is 74.9 Å². The van der Waals surface area contributed by atoms with Gasteiger partial charge in [0.15, 0.2) is 11.3 Å². The van der Waals surface area contributed by atoms with E-state index in [9.17, 15) is 13.2 Å². The van der Waals surface area contributed by atoms with Crippen LogP contribution in [0.25, 0.3) is 16.9 Å².